The van der Waals surface area contributed by atoms with Crippen LogP contribution >= 0.6 is 0 Å². The summed E-state index contributed by atoms with van der Waals surface area (Å²) in [5.74, 6) is 0.637. The number of nitrogen functional groups attached to an aromatic ring is 1. The molecule has 2 heterocycles. The van der Waals surface area contributed by atoms with Crippen molar-refractivity contribution >= 4 is 17.9 Å². The molecule has 0 saturated heterocycles. The van der Waals surface area contributed by atoms with Gasteiger partial charge in [-0.25, -0.2) is 4.98 Å². The molecular formula is C12H17N7O2. The molecule has 0 aliphatic heterocycles. The van der Waals surface area contributed by atoms with Gasteiger partial charge in [-0.1, -0.05) is 0 Å². The molecular weight excluding hydrogens is 274 g/mol. The monoisotopic (exact) mass is 291 g/mol. The fourth-order valence-corrected chi connectivity index (χ4v) is 1.62. The first-order valence-corrected chi connectivity index (χ1v) is 6.58. The summed E-state index contributed by atoms with van der Waals surface area (Å²) in [5, 5.41) is 3.00. The first-order chi connectivity index (χ1) is 10.2. The summed E-state index contributed by atoms with van der Waals surface area (Å²) in [7, 11) is 0. The lowest BCUT2D eigenvalue weighted by Gasteiger charge is -2.07. The number of rotatable bonds is 7. The predicted octanol–water partition coefficient (Wildman–Crippen LogP) is 0.395. The van der Waals surface area contributed by atoms with Gasteiger partial charge in [-0.05, 0) is 13.3 Å². The summed E-state index contributed by atoms with van der Waals surface area (Å²) >= 11 is 0. The number of nitrogens with two attached hydrogens (primary N) is 1. The van der Waals surface area contributed by atoms with Crippen molar-refractivity contribution in [3.63, 3.8) is 0 Å². The highest BCUT2D eigenvalue weighted by Crippen LogP contribution is 2.07. The van der Waals surface area contributed by atoms with Crippen molar-refractivity contribution in [3.8, 4) is 5.95 Å². The molecule has 0 amide bonds. The molecule has 0 fully saturated rings. The van der Waals surface area contributed by atoms with Gasteiger partial charge in [0.15, 0.2) is 0 Å². The van der Waals surface area contributed by atoms with E-state index >= 15 is 0 Å². The number of nitrogens with zero attached hydrogens (tertiary/aromatic N) is 5. The Balaban J connectivity index is 1.90. The summed E-state index contributed by atoms with van der Waals surface area (Å²) in [4.78, 5) is 27.4. The minimum Gasteiger partial charge on any atom is -0.466 e. The highest BCUT2D eigenvalue weighted by molar-refractivity contribution is 5.69. The Morgan fingerprint density at radius 3 is 3.00 bits per heavy atom. The quantitative estimate of drug-likeness (QED) is 0.555. The molecule has 0 atom stereocenters. The number of anilines is 2. The topological polar surface area (TPSA) is 121 Å². The van der Waals surface area contributed by atoms with E-state index in [0.717, 1.165) is 0 Å². The average Bonchev–Trinajstić information content (AvgIpc) is 2.97. The normalized spacial score (nSPS) is 10.3. The van der Waals surface area contributed by atoms with E-state index in [4.69, 9.17) is 10.5 Å². The average molecular weight is 291 g/mol. The van der Waals surface area contributed by atoms with Crippen molar-refractivity contribution in [1.29, 1.82) is 0 Å². The second-order valence-electron chi connectivity index (χ2n) is 4.12. The predicted molar refractivity (Wildman–Crippen MR) is 75.7 cm³/mol. The fraction of sp³-hybridized carbons (Fsp3) is 0.417. The van der Waals surface area contributed by atoms with Gasteiger partial charge in [-0.3, -0.25) is 9.36 Å². The third kappa shape index (κ3) is 4.41. The van der Waals surface area contributed by atoms with Crippen LogP contribution < -0.4 is 11.1 Å². The lowest BCUT2D eigenvalue weighted by Crippen LogP contribution is -2.13. The second-order valence-corrected chi connectivity index (χ2v) is 4.12. The molecule has 2 aromatic heterocycles. The van der Waals surface area contributed by atoms with Gasteiger partial charge in [0.1, 0.15) is 6.33 Å². The van der Waals surface area contributed by atoms with Crippen molar-refractivity contribution in [2.24, 2.45) is 0 Å². The van der Waals surface area contributed by atoms with E-state index < -0.39 is 0 Å². The summed E-state index contributed by atoms with van der Waals surface area (Å²) < 4.78 is 6.47. The summed E-state index contributed by atoms with van der Waals surface area (Å²) in [5.41, 5.74) is 5.65. The van der Waals surface area contributed by atoms with Gasteiger partial charge >= 0.3 is 5.97 Å². The van der Waals surface area contributed by atoms with Crippen LogP contribution in [-0.2, 0) is 9.53 Å². The molecule has 0 aliphatic carbocycles. The maximum Gasteiger partial charge on any atom is 0.305 e. The first-order valence-electron chi connectivity index (χ1n) is 6.58. The van der Waals surface area contributed by atoms with Crippen molar-refractivity contribution in [3.05, 3.63) is 18.7 Å². The van der Waals surface area contributed by atoms with E-state index in [9.17, 15) is 4.79 Å². The highest BCUT2D eigenvalue weighted by Gasteiger charge is 2.06. The van der Waals surface area contributed by atoms with Crippen LogP contribution in [0, 0.1) is 0 Å². The van der Waals surface area contributed by atoms with E-state index in [2.05, 4.69) is 25.3 Å². The smallest absolute Gasteiger partial charge is 0.305 e. The van der Waals surface area contributed by atoms with Crippen LogP contribution in [-0.4, -0.2) is 43.6 Å². The highest BCUT2D eigenvalue weighted by atomic mass is 16.5. The Kier molecular flexibility index (Phi) is 5.02. The number of esters is 1. The molecule has 112 valence electrons. The zero-order chi connectivity index (χ0) is 15.1. The summed E-state index contributed by atoms with van der Waals surface area (Å²) in [6, 6.07) is 0. The molecule has 0 aliphatic rings. The molecule has 2 aromatic rings. The van der Waals surface area contributed by atoms with Crippen LogP contribution in [0.5, 0.6) is 0 Å². The van der Waals surface area contributed by atoms with Gasteiger partial charge in [0.05, 0.1) is 6.61 Å². The number of aromatic nitrogens is 5. The van der Waals surface area contributed by atoms with Crippen LogP contribution in [0.15, 0.2) is 18.7 Å². The van der Waals surface area contributed by atoms with Crippen LogP contribution in [0.3, 0.4) is 0 Å². The minimum atomic E-state index is -0.214. The van der Waals surface area contributed by atoms with Gasteiger partial charge in [-0.2, -0.15) is 15.0 Å². The number of hydrogen-bond acceptors (Lipinski definition) is 8. The van der Waals surface area contributed by atoms with Crippen LogP contribution in [0.1, 0.15) is 19.8 Å². The van der Waals surface area contributed by atoms with Crippen molar-refractivity contribution < 1.29 is 9.53 Å². The standard InChI is InChI=1S/C12H17N7O2/c1-2-21-9(20)4-3-5-15-11-16-10(13)17-12(18-11)19-7-6-14-8-19/h6-8H,2-5H2,1H3,(H3,13,15,16,17,18). The van der Waals surface area contributed by atoms with Crippen LogP contribution in [0.2, 0.25) is 0 Å². The molecule has 0 bridgehead atoms. The largest absolute Gasteiger partial charge is 0.466 e. The molecule has 0 radical (unpaired) electrons. The molecule has 0 unspecified atom stereocenters. The Hall–Kier alpha value is -2.71. The van der Waals surface area contributed by atoms with Gasteiger partial charge in [0.2, 0.25) is 17.8 Å². The Labute approximate surface area is 121 Å². The van der Waals surface area contributed by atoms with Crippen LogP contribution in [0.4, 0.5) is 11.9 Å². The molecule has 2 rings (SSSR count). The zero-order valence-corrected chi connectivity index (χ0v) is 11.7. The summed E-state index contributed by atoms with van der Waals surface area (Å²) in [6.45, 7) is 2.71. The SMILES string of the molecule is CCOC(=O)CCCNc1nc(N)nc(-n2ccnc2)n1. The lowest BCUT2D eigenvalue weighted by atomic mass is 10.3. The third-order valence-corrected chi connectivity index (χ3v) is 2.52. The number of ether oxygens (including phenoxy) is 1. The zero-order valence-electron chi connectivity index (χ0n) is 11.7. The molecule has 0 aromatic carbocycles. The lowest BCUT2D eigenvalue weighted by molar-refractivity contribution is -0.143. The van der Waals surface area contributed by atoms with E-state index in [1.54, 1.807) is 30.2 Å². The van der Waals surface area contributed by atoms with E-state index in [0.29, 0.717) is 37.9 Å². The molecule has 3 N–H and O–H groups in total. The number of carbonyl (C=O) groups excluding carboxylic acids is 1. The number of hydrogen-bond donors (Lipinski definition) is 2. The number of carbonyl (C=O) groups is 1. The summed E-state index contributed by atoms with van der Waals surface area (Å²) in [6.07, 6.45) is 5.85. The maximum absolute atomic E-state index is 11.2. The van der Waals surface area contributed by atoms with E-state index in [1.807, 2.05) is 0 Å². The third-order valence-electron chi connectivity index (χ3n) is 2.52. The first kappa shape index (κ1) is 14.7. The molecule has 0 spiro atoms. The van der Waals surface area contributed by atoms with Gasteiger partial charge in [0.25, 0.3) is 0 Å². The molecule has 21 heavy (non-hydrogen) atoms. The van der Waals surface area contributed by atoms with Crippen molar-refractivity contribution in [1.82, 2.24) is 24.5 Å². The molecule has 9 nitrogen and oxygen atoms in total. The minimum absolute atomic E-state index is 0.113. The van der Waals surface area contributed by atoms with Crippen LogP contribution in [0.25, 0.3) is 5.95 Å². The maximum atomic E-state index is 11.2. The van der Waals surface area contributed by atoms with Crippen molar-refractivity contribution in [2.75, 3.05) is 24.2 Å². The Bertz CT molecular complexity index is 585. The van der Waals surface area contributed by atoms with E-state index in [-0.39, 0.29) is 11.9 Å². The molecule has 9 heteroatoms. The van der Waals surface area contributed by atoms with E-state index in [1.165, 1.54) is 0 Å². The molecule has 0 saturated carbocycles. The van der Waals surface area contributed by atoms with Gasteiger partial charge < -0.3 is 15.8 Å². The van der Waals surface area contributed by atoms with Crippen molar-refractivity contribution in [2.45, 2.75) is 19.8 Å². The number of imidazole rings is 1. The second kappa shape index (κ2) is 7.17. The Morgan fingerprint density at radius 2 is 2.29 bits per heavy atom. The Morgan fingerprint density at radius 1 is 1.43 bits per heavy atom. The van der Waals surface area contributed by atoms with Gasteiger partial charge in [-0.15, -0.1) is 0 Å². The van der Waals surface area contributed by atoms with Gasteiger partial charge in [0, 0.05) is 25.4 Å². The number of nitrogens with one attached hydrogen (secondary N) is 1. The fourth-order valence-electron chi connectivity index (χ4n) is 1.62.